The first-order valence-corrected chi connectivity index (χ1v) is 6.21. The predicted molar refractivity (Wildman–Crippen MR) is 70.2 cm³/mol. The van der Waals surface area contributed by atoms with Gasteiger partial charge in [0.1, 0.15) is 5.82 Å². The van der Waals surface area contributed by atoms with Crippen molar-refractivity contribution < 1.29 is 9.18 Å². The molecule has 0 saturated heterocycles. The van der Waals surface area contributed by atoms with E-state index in [1.807, 2.05) is 13.8 Å². The van der Waals surface area contributed by atoms with Crippen LogP contribution >= 0.6 is 15.9 Å². The molecule has 0 spiro atoms. The monoisotopic (exact) mass is 302 g/mol. The van der Waals surface area contributed by atoms with E-state index in [0.29, 0.717) is 22.5 Å². The van der Waals surface area contributed by atoms with Crippen molar-refractivity contribution >= 4 is 27.5 Å². The topological polar surface area (TPSA) is 55.1 Å². The molecule has 0 bridgehead atoms. The van der Waals surface area contributed by atoms with Gasteiger partial charge in [0.05, 0.1) is 11.7 Å². The summed E-state index contributed by atoms with van der Waals surface area (Å²) in [5.74, 6) is -0.363. The van der Waals surface area contributed by atoms with Crippen LogP contribution in [0, 0.1) is 11.7 Å². The maximum atomic E-state index is 13.0. The minimum Gasteiger partial charge on any atom is -0.324 e. The van der Waals surface area contributed by atoms with Crippen LogP contribution in [-0.4, -0.2) is 11.9 Å². The Balaban J connectivity index is 2.70. The Kier molecular flexibility index (Phi) is 5.08. The van der Waals surface area contributed by atoms with Gasteiger partial charge in [0.15, 0.2) is 0 Å². The largest absolute Gasteiger partial charge is 0.324 e. The van der Waals surface area contributed by atoms with Gasteiger partial charge in [-0.3, -0.25) is 4.79 Å². The molecular formula is C12H16BrFN2O. The van der Waals surface area contributed by atoms with E-state index in [9.17, 15) is 9.18 Å². The zero-order valence-electron chi connectivity index (χ0n) is 9.84. The van der Waals surface area contributed by atoms with Gasteiger partial charge in [-0.15, -0.1) is 0 Å². The minimum atomic E-state index is -0.579. The summed E-state index contributed by atoms with van der Waals surface area (Å²) in [5, 5.41) is 2.61. The Hall–Kier alpha value is -0.940. The molecule has 0 radical (unpaired) electrons. The van der Waals surface area contributed by atoms with Gasteiger partial charge in [0.25, 0.3) is 0 Å². The highest BCUT2D eigenvalue weighted by atomic mass is 79.9. The van der Waals surface area contributed by atoms with Crippen LogP contribution < -0.4 is 11.1 Å². The number of carbonyl (C=O) groups is 1. The number of hydrogen-bond acceptors (Lipinski definition) is 2. The number of nitrogens with one attached hydrogen (secondary N) is 1. The molecule has 3 N–H and O–H groups in total. The molecule has 0 saturated carbocycles. The van der Waals surface area contributed by atoms with Gasteiger partial charge in [0.2, 0.25) is 5.91 Å². The van der Waals surface area contributed by atoms with E-state index < -0.39 is 11.9 Å². The van der Waals surface area contributed by atoms with Gasteiger partial charge in [0, 0.05) is 4.47 Å². The van der Waals surface area contributed by atoms with Crippen molar-refractivity contribution in [3.05, 3.63) is 28.5 Å². The molecule has 1 unspecified atom stereocenters. The zero-order valence-corrected chi connectivity index (χ0v) is 11.4. The number of hydrogen-bond donors (Lipinski definition) is 2. The average Bonchev–Trinajstić information content (AvgIpc) is 2.22. The van der Waals surface area contributed by atoms with Crippen LogP contribution in [0.15, 0.2) is 22.7 Å². The molecule has 1 amide bonds. The number of amides is 1. The molecule has 1 rings (SSSR count). The van der Waals surface area contributed by atoms with Crippen molar-refractivity contribution in [2.45, 2.75) is 26.3 Å². The van der Waals surface area contributed by atoms with Crippen molar-refractivity contribution in [2.24, 2.45) is 11.7 Å². The standard InChI is InChI=1S/C12H16BrFN2O/c1-7(2)5-10(15)12(17)16-11-6-8(14)3-4-9(11)13/h3-4,6-7,10H,5,15H2,1-2H3,(H,16,17). The Morgan fingerprint density at radius 2 is 2.18 bits per heavy atom. The van der Waals surface area contributed by atoms with Crippen LogP contribution in [0.1, 0.15) is 20.3 Å². The molecule has 0 aliphatic carbocycles. The normalized spacial score (nSPS) is 12.6. The molecule has 5 heteroatoms. The lowest BCUT2D eigenvalue weighted by Crippen LogP contribution is -2.36. The summed E-state index contributed by atoms with van der Waals surface area (Å²) < 4.78 is 13.6. The molecule has 94 valence electrons. The number of benzene rings is 1. The number of halogens is 2. The molecule has 17 heavy (non-hydrogen) atoms. The molecule has 1 aromatic rings. The average molecular weight is 303 g/mol. The molecule has 0 heterocycles. The van der Waals surface area contributed by atoms with Crippen molar-refractivity contribution in [1.29, 1.82) is 0 Å². The molecule has 3 nitrogen and oxygen atoms in total. The van der Waals surface area contributed by atoms with Crippen LogP contribution in [0.3, 0.4) is 0 Å². The SMILES string of the molecule is CC(C)CC(N)C(=O)Nc1cc(F)ccc1Br. The van der Waals surface area contributed by atoms with Crippen LogP contribution in [0.4, 0.5) is 10.1 Å². The molecular weight excluding hydrogens is 287 g/mol. The highest BCUT2D eigenvalue weighted by molar-refractivity contribution is 9.10. The first-order chi connectivity index (χ1) is 7.90. The Labute approximate surface area is 109 Å². The fourth-order valence-electron chi connectivity index (χ4n) is 1.43. The van der Waals surface area contributed by atoms with Crippen molar-refractivity contribution in [2.75, 3.05) is 5.32 Å². The third kappa shape index (κ3) is 4.44. The number of carbonyl (C=O) groups excluding carboxylic acids is 1. The summed E-state index contributed by atoms with van der Waals surface area (Å²) in [6.07, 6.45) is 0.596. The number of rotatable bonds is 4. The van der Waals surface area contributed by atoms with Gasteiger partial charge >= 0.3 is 0 Å². The summed E-state index contributed by atoms with van der Waals surface area (Å²) in [5.41, 5.74) is 6.13. The molecule has 0 aliphatic heterocycles. The van der Waals surface area contributed by atoms with E-state index in [2.05, 4.69) is 21.2 Å². The lowest BCUT2D eigenvalue weighted by molar-refractivity contribution is -0.117. The van der Waals surface area contributed by atoms with E-state index in [0.717, 1.165) is 0 Å². The van der Waals surface area contributed by atoms with Crippen LogP contribution in [0.5, 0.6) is 0 Å². The van der Waals surface area contributed by atoms with E-state index in [1.165, 1.54) is 12.1 Å². The molecule has 1 aromatic carbocycles. The second-order valence-electron chi connectivity index (χ2n) is 4.35. The minimum absolute atomic E-state index is 0.301. The van der Waals surface area contributed by atoms with Gasteiger partial charge in [-0.1, -0.05) is 13.8 Å². The molecule has 0 aromatic heterocycles. The van der Waals surface area contributed by atoms with Gasteiger partial charge in [-0.2, -0.15) is 0 Å². The summed E-state index contributed by atoms with van der Waals surface area (Å²) in [6.45, 7) is 3.98. The predicted octanol–water partition coefficient (Wildman–Crippen LogP) is 2.90. The number of nitrogens with two attached hydrogens (primary N) is 1. The Morgan fingerprint density at radius 3 is 2.76 bits per heavy atom. The van der Waals surface area contributed by atoms with Crippen molar-refractivity contribution in [1.82, 2.24) is 0 Å². The first-order valence-electron chi connectivity index (χ1n) is 5.41. The summed E-state index contributed by atoms with van der Waals surface area (Å²) in [7, 11) is 0. The lowest BCUT2D eigenvalue weighted by Gasteiger charge is -2.14. The van der Waals surface area contributed by atoms with Crippen LogP contribution in [0.25, 0.3) is 0 Å². The van der Waals surface area contributed by atoms with E-state index in [4.69, 9.17) is 5.73 Å². The van der Waals surface area contributed by atoms with Crippen molar-refractivity contribution in [3.63, 3.8) is 0 Å². The van der Waals surface area contributed by atoms with Gasteiger partial charge in [-0.25, -0.2) is 4.39 Å². The van der Waals surface area contributed by atoms with E-state index >= 15 is 0 Å². The third-order valence-electron chi connectivity index (χ3n) is 2.25. The first kappa shape index (κ1) is 14.1. The highest BCUT2D eigenvalue weighted by Crippen LogP contribution is 2.23. The van der Waals surface area contributed by atoms with Gasteiger partial charge in [-0.05, 0) is 46.5 Å². The number of anilines is 1. The van der Waals surface area contributed by atoms with E-state index in [1.54, 1.807) is 6.07 Å². The summed E-state index contributed by atoms with van der Waals surface area (Å²) in [6, 6.07) is 3.53. The maximum Gasteiger partial charge on any atom is 0.241 e. The van der Waals surface area contributed by atoms with Crippen LogP contribution in [-0.2, 0) is 4.79 Å². The third-order valence-corrected chi connectivity index (χ3v) is 2.94. The van der Waals surface area contributed by atoms with E-state index in [-0.39, 0.29) is 5.91 Å². The molecule has 0 aliphatic rings. The summed E-state index contributed by atoms with van der Waals surface area (Å²) >= 11 is 3.24. The molecule has 0 fully saturated rings. The fourth-order valence-corrected chi connectivity index (χ4v) is 1.78. The second kappa shape index (κ2) is 6.12. The Morgan fingerprint density at radius 1 is 1.53 bits per heavy atom. The maximum absolute atomic E-state index is 13.0. The highest BCUT2D eigenvalue weighted by Gasteiger charge is 2.16. The zero-order chi connectivity index (χ0) is 13.0. The quantitative estimate of drug-likeness (QED) is 0.898. The lowest BCUT2D eigenvalue weighted by atomic mass is 10.0. The van der Waals surface area contributed by atoms with Crippen LogP contribution in [0.2, 0.25) is 0 Å². The van der Waals surface area contributed by atoms with Gasteiger partial charge < -0.3 is 11.1 Å². The Bertz CT molecular complexity index is 409. The molecule has 1 atom stereocenters. The fraction of sp³-hybridized carbons (Fsp3) is 0.417. The van der Waals surface area contributed by atoms with Crippen molar-refractivity contribution in [3.8, 4) is 0 Å². The smallest absolute Gasteiger partial charge is 0.241 e. The second-order valence-corrected chi connectivity index (χ2v) is 5.20. The summed E-state index contributed by atoms with van der Waals surface area (Å²) in [4.78, 5) is 11.7.